The van der Waals surface area contributed by atoms with E-state index >= 15 is 0 Å². The van der Waals surface area contributed by atoms with Crippen LogP contribution < -0.4 is 10.1 Å². The minimum atomic E-state index is -3.22. The largest absolute Gasteiger partial charge is 0.496 e. The summed E-state index contributed by atoms with van der Waals surface area (Å²) in [7, 11) is -1.71. The molecule has 1 atom stereocenters. The summed E-state index contributed by atoms with van der Waals surface area (Å²) < 4.78 is 28.1. The Morgan fingerprint density at radius 1 is 1.09 bits per heavy atom. The van der Waals surface area contributed by atoms with E-state index in [2.05, 4.69) is 5.32 Å². The van der Waals surface area contributed by atoms with Crippen molar-refractivity contribution in [3.05, 3.63) is 59.7 Å². The zero-order valence-corrected chi connectivity index (χ0v) is 14.1. The first-order chi connectivity index (χ1) is 10.8. The molecule has 2 rings (SSSR count). The highest BCUT2D eigenvalue weighted by Gasteiger charge is 2.15. The molecule has 0 unspecified atom stereocenters. The molecule has 122 valence electrons. The van der Waals surface area contributed by atoms with Gasteiger partial charge in [-0.2, -0.15) is 0 Å². The van der Waals surface area contributed by atoms with Gasteiger partial charge >= 0.3 is 0 Å². The average Bonchev–Trinajstić information content (AvgIpc) is 2.54. The number of benzene rings is 2. The van der Waals surface area contributed by atoms with Gasteiger partial charge in [0.1, 0.15) is 5.75 Å². The van der Waals surface area contributed by atoms with Crippen LogP contribution >= 0.6 is 0 Å². The molecule has 2 aromatic rings. The predicted octanol–water partition coefficient (Wildman–Crippen LogP) is 2.59. The van der Waals surface area contributed by atoms with Crippen molar-refractivity contribution < 1.29 is 17.9 Å². The number of ether oxygens (including phenoxy) is 1. The van der Waals surface area contributed by atoms with Crippen LogP contribution in [0.25, 0.3) is 0 Å². The molecule has 0 saturated carbocycles. The monoisotopic (exact) mass is 333 g/mol. The number of carbonyl (C=O) groups excluding carboxylic acids is 1. The Hall–Kier alpha value is -2.34. The topological polar surface area (TPSA) is 72.5 Å². The van der Waals surface area contributed by atoms with Gasteiger partial charge in [-0.3, -0.25) is 4.79 Å². The van der Waals surface area contributed by atoms with Gasteiger partial charge in [0.25, 0.3) is 5.91 Å². The molecule has 0 spiro atoms. The van der Waals surface area contributed by atoms with Crippen LogP contribution in [0.1, 0.15) is 28.9 Å². The highest BCUT2D eigenvalue weighted by molar-refractivity contribution is 7.90. The maximum absolute atomic E-state index is 12.3. The summed E-state index contributed by atoms with van der Waals surface area (Å²) >= 11 is 0. The van der Waals surface area contributed by atoms with E-state index in [0.29, 0.717) is 11.3 Å². The van der Waals surface area contributed by atoms with E-state index in [9.17, 15) is 13.2 Å². The van der Waals surface area contributed by atoms with Gasteiger partial charge in [0.05, 0.1) is 23.6 Å². The first kappa shape index (κ1) is 17.0. The van der Waals surface area contributed by atoms with Crippen LogP contribution in [0.4, 0.5) is 0 Å². The van der Waals surface area contributed by atoms with Gasteiger partial charge in [-0.25, -0.2) is 8.42 Å². The number of nitrogens with one attached hydrogen (secondary N) is 1. The second-order valence-corrected chi connectivity index (χ2v) is 7.25. The molecule has 6 heteroatoms. The highest BCUT2D eigenvalue weighted by Crippen LogP contribution is 2.20. The van der Waals surface area contributed by atoms with Gasteiger partial charge in [-0.15, -0.1) is 0 Å². The third-order valence-corrected chi connectivity index (χ3v) is 4.64. The third-order valence-electron chi connectivity index (χ3n) is 3.51. The molecule has 0 heterocycles. The van der Waals surface area contributed by atoms with Crippen molar-refractivity contribution in [3.63, 3.8) is 0 Å². The molecule has 2 aromatic carbocycles. The zero-order valence-electron chi connectivity index (χ0n) is 13.2. The second kappa shape index (κ2) is 6.83. The number of para-hydroxylation sites is 1. The molecule has 0 aliphatic rings. The standard InChI is InChI=1S/C17H19NO4S/c1-12(13-8-10-14(11-9-13)23(3,20)21)18-17(19)15-6-4-5-7-16(15)22-2/h4-12H,1-3H3,(H,18,19)/t12-/m1/s1. The molecule has 23 heavy (non-hydrogen) atoms. The van der Waals surface area contributed by atoms with Crippen molar-refractivity contribution in [2.24, 2.45) is 0 Å². The smallest absolute Gasteiger partial charge is 0.255 e. The summed E-state index contributed by atoms with van der Waals surface area (Å²) in [4.78, 5) is 12.6. The zero-order chi connectivity index (χ0) is 17.0. The van der Waals surface area contributed by atoms with Gasteiger partial charge in [-0.1, -0.05) is 24.3 Å². The fourth-order valence-corrected chi connectivity index (χ4v) is 2.82. The van der Waals surface area contributed by atoms with E-state index < -0.39 is 9.84 Å². The molecule has 0 aliphatic carbocycles. The Morgan fingerprint density at radius 2 is 1.70 bits per heavy atom. The second-order valence-electron chi connectivity index (χ2n) is 5.24. The predicted molar refractivity (Wildman–Crippen MR) is 88.4 cm³/mol. The van der Waals surface area contributed by atoms with Crippen molar-refractivity contribution in [3.8, 4) is 5.75 Å². The van der Waals surface area contributed by atoms with E-state index in [1.54, 1.807) is 36.4 Å². The van der Waals surface area contributed by atoms with Crippen LogP contribution in [0.2, 0.25) is 0 Å². The van der Waals surface area contributed by atoms with Crippen LogP contribution in [0.15, 0.2) is 53.4 Å². The molecule has 0 aromatic heterocycles. The Balaban J connectivity index is 2.15. The van der Waals surface area contributed by atoms with Crippen molar-refractivity contribution in [1.82, 2.24) is 5.32 Å². The van der Waals surface area contributed by atoms with Crippen molar-refractivity contribution in [2.75, 3.05) is 13.4 Å². The summed E-state index contributed by atoms with van der Waals surface area (Å²) in [5.74, 6) is 0.256. The maximum atomic E-state index is 12.3. The van der Waals surface area contributed by atoms with Gasteiger partial charge in [0.2, 0.25) is 0 Å². The molecule has 0 aliphatic heterocycles. The van der Waals surface area contributed by atoms with Gasteiger partial charge < -0.3 is 10.1 Å². The summed E-state index contributed by atoms with van der Waals surface area (Å²) in [6, 6.07) is 13.2. The number of sulfone groups is 1. The van der Waals surface area contributed by atoms with Crippen molar-refractivity contribution >= 4 is 15.7 Å². The lowest BCUT2D eigenvalue weighted by molar-refractivity contribution is 0.0937. The SMILES string of the molecule is COc1ccccc1C(=O)N[C@H](C)c1ccc(S(C)(=O)=O)cc1. The van der Waals surface area contributed by atoms with Crippen molar-refractivity contribution in [1.29, 1.82) is 0 Å². The Bertz CT molecular complexity index is 798. The Labute approximate surface area is 136 Å². The summed E-state index contributed by atoms with van der Waals surface area (Å²) in [5.41, 5.74) is 1.27. The number of methoxy groups -OCH3 is 1. The molecular weight excluding hydrogens is 314 g/mol. The highest BCUT2D eigenvalue weighted by atomic mass is 32.2. The Kier molecular flexibility index (Phi) is 5.05. The molecule has 0 bridgehead atoms. The van der Waals surface area contributed by atoms with Crippen LogP contribution in [-0.2, 0) is 9.84 Å². The van der Waals surface area contributed by atoms with Crippen LogP contribution in [0.3, 0.4) is 0 Å². The summed E-state index contributed by atoms with van der Waals surface area (Å²) in [6.45, 7) is 1.84. The minimum absolute atomic E-state index is 0.248. The maximum Gasteiger partial charge on any atom is 0.255 e. The molecule has 1 N–H and O–H groups in total. The molecule has 5 nitrogen and oxygen atoms in total. The first-order valence-corrected chi connectivity index (χ1v) is 8.96. The number of carbonyl (C=O) groups is 1. The fourth-order valence-electron chi connectivity index (χ4n) is 2.19. The fraction of sp³-hybridized carbons (Fsp3) is 0.235. The minimum Gasteiger partial charge on any atom is -0.496 e. The number of hydrogen-bond donors (Lipinski definition) is 1. The lowest BCUT2D eigenvalue weighted by Crippen LogP contribution is -2.27. The Morgan fingerprint density at radius 3 is 2.26 bits per heavy atom. The summed E-state index contributed by atoms with van der Waals surface area (Å²) in [5, 5.41) is 2.88. The summed E-state index contributed by atoms with van der Waals surface area (Å²) in [6.07, 6.45) is 1.16. The normalized spacial score (nSPS) is 12.5. The van der Waals surface area contributed by atoms with Crippen LogP contribution in [0.5, 0.6) is 5.75 Å². The molecule has 0 radical (unpaired) electrons. The van der Waals surface area contributed by atoms with E-state index in [-0.39, 0.29) is 16.8 Å². The number of hydrogen-bond acceptors (Lipinski definition) is 4. The number of rotatable bonds is 5. The third kappa shape index (κ3) is 4.10. The van der Waals surface area contributed by atoms with Crippen LogP contribution in [0, 0.1) is 0 Å². The van der Waals surface area contributed by atoms with E-state index in [4.69, 9.17) is 4.74 Å². The first-order valence-electron chi connectivity index (χ1n) is 7.07. The molecule has 0 fully saturated rings. The molecule has 0 saturated heterocycles. The van der Waals surface area contributed by atoms with E-state index in [1.807, 2.05) is 6.92 Å². The number of amides is 1. The van der Waals surface area contributed by atoms with Gasteiger partial charge in [-0.05, 0) is 36.8 Å². The molecule has 1 amide bonds. The average molecular weight is 333 g/mol. The van der Waals surface area contributed by atoms with Gasteiger partial charge in [0, 0.05) is 6.26 Å². The van der Waals surface area contributed by atoms with E-state index in [1.165, 1.54) is 19.2 Å². The van der Waals surface area contributed by atoms with E-state index in [0.717, 1.165) is 11.8 Å². The molecular formula is C17H19NO4S. The van der Waals surface area contributed by atoms with Crippen LogP contribution in [-0.4, -0.2) is 27.7 Å². The quantitative estimate of drug-likeness (QED) is 0.913. The lowest BCUT2D eigenvalue weighted by Gasteiger charge is -2.16. The van der Waals surface area contributed by atoms with Crippen molar-refractivity contribution in [2.45, 2.75) is 17.9 Å². The lowest BCUT2D eigenvalue weighted by atomic mass is 10.1. The van der Waals surface area contributed by atoms with Gasteiger partial charge in [0.15, 0.2) is 9.84 Å².